The van der Waals surface area contributed by atoms with Crippen LogP contribution in [0.1, 0.15) is 19.2 Å². The van der Waals surface area contributed by atoms with E-state index < -0.39 is 0 Å². The molecule has 0 unspecified atom stereocenters. The van der Waals surface area contributed by atoms with Gasteiger partial charge in [-0.25, -0.2) is 9.97 Å². The SMILES string of the molecule is CCCc1nc(Br)cc(Nc2ccc(OC)c(Cl)c2)n1. The van der Waals surface area contributed by atoms with E-state index in [4.69, 9.17) is 16.3 Å². The fraction of sp³-hybridized carbons (Fsp3) is 0.286. The summed E-state index contributed by atoms with van der Waals surface area (Å²) in [5.41, 5.74) is 0.851. The molecule has 2 rings (SSSR count). The summed E-state index contributed by atoms with van der Waals surface area (Å²) in [5.74, 6) is 2.19. The van der Waals surface area contributed by atoms with Gasteiger partial charge >= 0.3 is 0 Å². The molecule has 106 valence electrons. The van der Waals surface area contributed by atoms with E-state index in [0.29, 0.717) is 10.8 Å². The molecule has 0 spiro atoms. The Balaban J connectivity index is 2.23. The molecule has 0 saturated carbocycles. The molecule has 1 aromatic heterocycles. The highest BCUT2D eigenvalue weighted by Crippen LogP contribution is 2.28. The maximum atomic E-state index is 6.10. The Labute approximate surface area is 131 Å². The van der Waals surface area contributed by atoms with Gasteiger partial charge in [-0.05, 0) is 40.5 Å². The lowest BCUT2D eigenvalue weighted by Gasteiger charge is -2.09. The lowest BCUT2D eigenvalue weighted by atomic mass is 10.3. The Kier molecular flexibility index (Phi) is 5.20. The van der Waals surface area contributed by atoms with Crippen molar-refractivity contribution < 1.29 is 4.74 Å². The van der Waals surface area contributed by atoms with E-state index in [1.807, 2.05) is 18.2 Å². The van der Waals surface area contributed by atoms with Crippen LogP contribution in [0.15, 0.2) is 28.9 Å². The van der Waals surface area contributed by atoms with Crippen LogP contribution >= 0.6 is 27.5 Å². The number of methoxy groups -OCH3 is 1. The zero-order valence-corrected chi connectivity index (χ0v) is 13.6. The number of ether oxygens (including phenoxy) is 1. The van der Waals surface area contributed by atoms with Gasteiger partial charge in [0, 0.05) is 18.2 Å². The molecule has 20 heavy (non-hydrogen) atoms. The second-order valence-corrected chi connectivity index (χ2v) is 5.44. The first kappa shape index (κ1) is 15.1. The first-order valence-corrected chi connectivity index (χ1v) is 7.43. The van der Waals surface area contributed by atoms with Gasteiger partial charge in [-0.1, -0.05) is 18.5 Å². The fourth-order valence-electron chi connectivity index (χ4n) is 1.76. The molecule has 0 aliphatic rings. The summed E-state index contributed by atoms with van der Waals surface area (Å²) in [6.45, 7) is 2.10. The summed E-state index contributed by atoms with van der Waals surface area (Å²) >= 11 is 9.50. The van der Waals surface area contributed by atoms with E-state index in [1.54, 1.807) is 13.2 Å². The van der Waals surface area contributed by atoms with Crippen molar-refractivity contribution >= 4 is 39.0 Å². The van der Waals surface area contributed by atoms with E-state index in [-0.39, 0.29) is 0 Å². The lowest BCUT2D eigenvalue weighted by molar-refractivity contribution is 0.415. The standard InChI is InChI=1S/C14H15BrClN3O/c1-3-4-13-18-12(15)8-14(19-13)17-9-5-6-11(20-2)10(16)7-9/h5-8H,3-4H2,1-2H3,(H,17,18,19). The van der Waals surface area contributed by atoms with Gasteiger partial charge in [0.25, 0.3) is 0 Å². The highest BCUT2D eigenvalue weighted by Gasteiger charge is 2.05. The van der Waals surface area contributed by atoms with Crippen molar-refractivity contribution in [2.24, 2.45) is 0 Å². The first-order valence-electron chi connectivity index (χ1n) is 6.26. The average molecular weight is 357 g/mol. The number of halogens is 2. The molecular weight excluding hydrogens is 342 g/mol. The molecule has 0 atom stereocenters. The van der Waals surface area contributed by atoms with E-state index >= 15 is 0 Å². The van der Waals surface area contributed by atoms with Crippen molar-refractivity contribution in [3.63, 3.8) is 0 Å². The third kappa shape index (κ3) is 3.84. The van der Waals surface area contributed by atoms with Crippen LogP contribution in [0, 0.1) is 0 Å². The smallest absolute Gasteiger partial charge is 0.137 e. The number of rotatable bonds is 5. The molecule has 0 radical (unpaired) electrons. The Morgan fingerprint density at radius 1 is 1.30 bits per heavy atom. The highest BCUT2D eigenvalue weighted by atomic mass is 79.9. The minimum absolute atomic E-state index is 0.555. The van der Waals surface area contributed by atoms with E-state index in [9.17, 15) is 0 Å². The van der Waals surface area contributed by atoms with E-state index in [2.05, 4.69) is 38.1 Å². The van der Waals surface area contributed by atoms with Crippen molar-refractivity contribution in [2.45, 2.75) is 19.8 Å². The van der Waals surface area contributed by atoms with Crippen LogP contribution in [0.4, 0.5) is 11.5 Å². The van der Waals surface area contributed by atoms with Crippen molar-refractivity contribution in [2.75, 3.05) is 12.4 Å². The lowest BCUT2D eigenvalue weighted by Crippen LogP contribution is -2.00. The van der Waals surface area contributed by atoms with Crippen LogP contribution in [0.5, 0.6) is 5.75 Å². The normalized spacial score (nSPS) is 10.4. The topological polar surface area (TPSA) is 47.0 Å². The van der Waals surface area contributed by atoms with Crippen molar-refractivity contribution in [3.05, 3.63) is 39.7 Å². The van der Waals surface area contributed by atoms with Gasteiger partial charge in [-0.15, -0.1) is 0 Å². The van der Waals surface area contributed by atoms with Crippen molar-refractivity contribution in [1.29, 1.82) is 0 Å². The number of aromatic nitrogens is 2. The summed E-state index contributed by atoms with van der Waals surface area (Å²) in [4.78, 5) is 8.79. The van der Waals surface area contributed by atoms with Crippen molar-refractivity contribution in [3.8, 4) is 5.75 Å². The summed E-state index contributed by atoms with van der Waals surface area (Å²) in [5, 5.41) is 3.77. The summed E-state index contributed by atoms with van der Waals surface area (Å²) < 4.78 is 5.89. The van der Waals surface area contributed by atoms with Gasteiger partial charge in [0.05, 0.1) is 12.1 Å². The molecule has 2 aromatic rings. The molecule has 0 aliphatic heterocycles. The number of aryl methyl sites for hydroxylation is 1. The Bertz CT molecular complexity index is 607. The van der Waals surface area contributed by atoms with Gasteiger partial charge in [0.15, 0.2) is 0 Å². The molecule has 0 amide bonds. The van der Waals surface area contributed by atoms with Gasteiger partial charge in [0.2, 0.25) is 0 Å². The zero-order valence-electron chi connectivity index (χ0n) is 11.3. The monoisotopic (exact) mass is 355 g/mol. The minimum Gasteiger partial charge on any atom is -0.495 e. The molecular formula is C14H15BrClN3O. The fourth-order valence-corrected chi connectivity index (χ4v) is 2.44. The number of benzene rings is 1. The summed E-state index contributed by atoms with van der Waals surface area (Å²) in [6.07, 6.45) is 1.85. The number of nitrogens with zero attached hydrogens (tertiary/aromatic N) is 2. The second-order valence-electron chi connectivity index (χ2n) is 4.22. The van der Waals surface area contributed by atoms with E-state index in [1.165, 1.54) is 0 Å². The first-order chi connectivity index (χ1) is 9.62. The Morgan fingerprint density at radius 2 is 2.10 bits per heavy atom. The number of anilines is 2. The van der Waals surface area contributed by atoms with Crippen LogP contribution in [-0.2, 0) is 6.42 Å². The molecule has 0 fully saturated rings. The maximum absolute atomic E-state index is 6.10. The van der Waals surface area contributed by atoms with E-state index in [0.717, 1.165) is 34.8 Å². The molecule has 1 aromatic carbocycles. The maximum Gasteiger partial charge on any atom is 0.137 e. The third-order valence-electron chi connectivity index (χ3n) is 2.64. The van der Waals surface area contributed by atoms with Crippen LogP contribution in [0.25, 0.3) is 0 Å². The molecule has 1 heterocycles. The second kappa shape index (κ2) is 6.90. The van der Waals surface area contributed by atoms with Crippen LogP contribution in [-0.4, -0.2) is 17.1 Å². The quantitative estimate of drug-likeness (QED) is 0.796. The van der Waals surface area contributed by atoms with Gasteiger partial charge in [-0.3, -0.25) is 0 Å². The molecule has 0 saturated heterocycles. The Hall–Kier alpha value is -1.33. The summed E-state index contributed by atoms with van der Waals surface area (Å²) in [6, 6.07) is 7.33. The predicted octanol–water partition coefficient (Wildman–Crippen LogP) is 4.60. The van der Waals surface area contributed by atoms with Crippen LogP contribution < -0.4 is 10.1 Å². The Morgan fingerprint density at radius 3 is 2.75 bits per heavy atom. The van der Waals surface area contributed by atoms with Crippen LogP contribution in [0.3, 0.4) is 0 Å². The zero-order chi connectivity index (χ0) is 14.5. The number of hydrogen-bond donors (Lipinski definition) is 1. The molecule has 1 N–H and O–H groups in total. The van der Waals surface area contributed by atoms with Crippen molar-refractivity contribution in [1.82, 2.24) is 9.97 Å². The van der Waals surface area contributed by atoms with Gasteiger partial charge in [-0.2, -0.15) is 0 Å². The minimum atomic E-state index is 0.555. The molecule has 4 nitrogen and oxygen atoms in total. The van der Waals surface area contributed by atoms with Gasteiger partial charge < -0.3 is 10.1 Å². The molecule has 0 bridgehead atoms. The summed E-state index contributed by atoms with van der Waals surface area (Å²) in [7, 11) is 1.59. The van der Waals surface area contributed by atoms with Crippen LogP contribution in [0.2, 0.25) is 5.02 Å². The average Bonchev–Trinajstić information content (AvgIpc) is 2.38. The molecule has 0 aliphatic carbocycles. The number of hydrogen-bond acceptors (Lipinski definition) is 4. The highest BCUT2D eigenvalue weighted by molar-refractivity contribution is 9.10. The largest absolute Gasteiger partial charge is 0.495 e. The number of nitrogens with one attached hydrogen (secondary N) is 1. The third-order valence-corrected chi connectivity index (χ3v) is 3.34. The predicted molar refractivity (Wildman–Crippen MR) is 85.0 cm³/mol. The molecule has 6 heteroatoms. The van der Waals surface area contributed by atoms with Gasteiger partial charge in [0.1, 0.15) is 22.0 Å².